The van der Waals surface area contributed by atoms with Gasteiger partial charge in [-0.05, 0) is 24.3 Å². The maximum absolute atomic E-state index is 13.0. The number of benzene rings is 1. The smallest absolute Gasteiger partial charge is 0.160 e. The molecule has 2 heterocycles. The van der Waals surface area contributed by atoms with Crippen molar-refractivity contribution in [3.05, 3.63) is 42.5 Å². The number of halogens is 1. The summed E-state index contributed by atoms with van der Waals surface area (Å²) in [5.74, 6) is 6.50. The lowest BCUT2D eigenvalue weighted by Crippen LogP contribution is -2.46. The van der Waals surface area contributed by atoms with Crippen molar-refractivity contribution in [2.24, 2.45) is 5.84 Å². The minimum absolute atomic E-state index is 0.209. The molecule has 6 nitrogen and oxygen atoms in total. The number of hydrogen-bond acceptors (Lipinski definition) is 6. The van der Waals surface area contributed by atoms with E-state index >= 15 is 0 Å². The van der Waals surface area contributed by atoms with Gasteiger partial charge in [0.2, 0.25) is 0 Å². The molecule has 1 aliphatic heterocycles. The van der Waals surface area contributed by atoms with Gasteiger partial charge < -0.3 is 15.2 Å². The Bertz CT molecular complexity index is 595. The van der Waals surface area contributed by atoms with E-state index < -0.39 is 0 Å². The van der Waals surface area contributed by atoms with Gasteiger partial charge in [-0.15, -0.1) is 0 Å². The summed E-state index contributed by atoms with van der Waals surface area (Å²) in [5.41, 5.74) is 3.54. The Labute approximate surface area is 122 Å². The zero-order chi connectivity index (χ0) is 14.7. The van der Waals surface area contributed by atoms with Crippen molar-refractivity contribution in [2.45, 2.75) is 0 Å². The molecule has 1 fully saturated rings. The number of hydrogen-bond donors (Lipinski definition) is 2. The standard InChI is InChI=1S/C14H17FN6/c15-11-1-3-12(4-2-11)20-5-7-21(8-6-20)14-10-17-9-13(18-14)19-16/h1-4,9-10H,5-8,16H2,(H,18,19). The van der Waals surface area contributed by atoms with Crippen LogP contribution < -0.4 is 21.1 Å². The number of piperazine rings is 1. The Kier molecular flexibility index (Phi) is 3.83. The van der Waals surface area contributed by atoms with Crippen LogP contribution in [-0.4, -0.2) is 36.1 Å². The lowest BCUT2D eigenvalue weighted by atomic mass is 10.2. The monoisotopic (exact) mass is 288 g/mol. The summed E-state index contributed by atoms with van der Waals surface area (Å²) in [4.78, 5) is 12.9. The normalized spacial score (nSPS) is 15.1. The second-order valence-corrected chi connectivity index (χ2v) is 4.86. The molecule has 110 valence electrons. The molecule has 1 aliphatic rings. The van der Waals surface area contributed by atoms with E-state index in [0.29, 0.717) is 5.82 Å². The van der Waals surface area contributed by atoms with Crippen LogP contribution in [0.2, 0.25) is 0 Å². The van der Waals surface area contributed by atoms with Crippen LogP contribution in [0.1, 0.15) is 0 Å². The number of nitrogens with one attached hydrogen (secondary N) is 1. The number of nitrogen functional groups attached to an aromatic ring is 1. The van der Waals surface area contributed by atoms with E-state index in [4.69, 9.17) is 5.84 Å². The molecule has 0 aliphatic carbocycles. The molecular weight excluding hydrogens is 271 g/mol. The fourth-order valence-electron chi connectivity index (χ4n) is 2.42. The molecule has 3 N–H and O–H groups in total. The molecule has 1 aromatic heterocycles. The van der Waals surface area contributed by atoms with Crippen molar-refractivity contribution in [1.82, 2.24) is 9.97 Å². The lowest BCUT2D eigenvalue weighted by molar-refractivity contribution is 0.624. The molecule has 21 heavy (non-hydrogen) atoms. The van der Waals surface area contributed by atoms with Gasteiger partial charge in [-0.1, -0.05) is 0 Å². The van der Waals surface area contributed by atoms with E-state index in [0.717, 1.165) is 37.7 Å². The average molecular weight is 288 g/mol. The first-order valence-electron chi connectivity index (χ1n) is 6.80. The summed E-state index contributed by atoms with van der Waals surface area (Å²) in [6.45, 7) is 3.38. The second kappa shape index (κ2) is 5.92. The first-order valence-corrected chi connectivity index (χ1v) is 6.80. The maximum atomic E-state index is 13.0. The minimum atomic E-state index is -0.209. The third-order valence-electron chi connectivity index (χ3n) is 3.57. The first-order chi connectivity index (χ1) is 10.3. The van der Waals surface area contributed by atoms with E-state index in [1.807, 2.05) is 12.1 Å². The fraction of sp³-hybridized carbons (Fsp3) is 0.286. The van der Waals surface area contributed by atoms with Gasteiger partial charge >= 0.3 is 0 Å². The second-order valence-electron chi connectivity index (χ2n) is 4.86. The van der Waals surface area contributed by atoms with Gasteiger partial charge in [0, 0.05) is 31.9 Å². The molecule has 1 aromatic carbocycles. The molecule has 0 unspecified atom stereocenters. The predicted octanol–water partition coefficient (Wildman–Crippen LogP) is 1.23. The summed E-state index contributed by atoms with van der Waals surface area (Å²) in [6.07, 6.45) is 3.31. The van der Waals surface area contributed by atoms with Gasteiger partial charge in [-0.25, -0.2) is 15.2 Å². The van der Waals surface area contributed by atoms with Gasteiger partial charge in [-0.2, -0.15) is 0 Å². The number of nitrogens with two attached hydrogens (primary N) is 1. The highest BCUT2D eigenvalue weighted by atomic mass is 19.1. The van der Waals surface area contributed by atoms with Crippen molar-refractivity contribution >= 4 is 17.3 Å². The van der Waals surface area contributed by atoms with Crippen LogP contribution in [0, 0.1) is 5.82 Å². The Morgan fingerprint density at radius 1 is 1.00 bits per heavy atom. The Balaban J connectivity index is 1.65. The van der Waals surface area contributed by atoms with Gasteiger partial charge in [0.1, 0.15) is 11.6 Å². The zero-order valence-corrected chi connectivity index (χ0v) is 11.5. The number of rotatable bonds is 3. The molecule has 7 heteroatoms. The summed E-state index contributed by atoms with van der Waals surface area (Å²) in [5, 5.41) is 0. The van der Waals surface area contributed by atoms with E-state index in [1.165, 1.54) is 12.1 Å². The van der Waals surface area contributed by atoms with Crippen LogP contribution in [0.5, 0.6) is 0 Å². The molecule has 0 radical (unpaired) electrons. The lowest BCUT2D eigenvalue weighted by Gasteiger charge is -2.36. The van der Waals surface area contributed by atoms with Crippen LogP contribution in [-0.2, 0) is 0 Å². The van der Waals surface area contributed by atoms with Crippen molar-refractivity contribution < 1.29 is 4.39 Å². The molecule has 3 rings (SSSR count). The van der Waals surface area contributed by atoms with E-state index in [-0.39, 0.29) is 5.82 Å². The van der Waals surface area contributed by atoms with Crippen molar-refractivity contribution in [1.29, 1.82) is 0 Å². The highest BCUT2D eigenvalue weighted by molar-refractivity contribution is 5.50. The Hall–Kier alpha value is -2.41. The Morgan fingerprint density at radius 2 is 1.67 bits per heavy atom. The summed E-state index contributed by atoms with van der Waals surface area (Å²) in [6, 6.07) is 6.60. The average Bonchev–Trinajstić information content (AvgIpc) is 2.56. The fourth-order valence-corrected chi connectivity index (χ4v) is 2.42. The summed E-state index contributed by atoms with van der Waals surface area (Å²) < 4.78 is 13.0. The zero-order valence-electron chi connectivity index (χ0n) is 11.5. The van der Waals surface area contributed by atoms with Gasteiger partial charge in [0.15, 0.2) is 5.82 Å². The quantitative estimate of drug-likeness (QED) is 0.654. The maximum Gasteiger partial charge on any atom is 0.160 e. The predicted molar refractivity (Wildman–Crippen MR) is 80.7 cm³/mol. The van der Waals surface area contributed by atoms with E-state index in [2.05, 4.69) is 25.2 Å². The molecule has 0 spiro atoms. The van der Waals surface area contributed by atoms with Gasteiger partial charge in [-0.3, -0.25) is 4.98 Å². The molecule has 1 saturated heterocycles. The largest absolute Gasteiger partial charge is 0.368 e. The first kappa shape index (κ1) is 13.6. The van der Waals surface area contributed by atoms with Gasteiger partial charge in [0.25, 0.3) is 0 Å². The minimum Gasteiger partial charge on any atom is -0.368 e. The highest BCUT2D eigenvalue weighted by Gasteiger charge is 2.18. The van der Waals surface area contributed by atoms with Crippen molar-refractivity contribution in [3.8, 4) is 0 Å². The van der Waals surface area contributed by atoms with Crippen molar-refractivity contribution in [2.75, 3.05) is 41.4 Å². The molecule has 0 amide bonds. The summed E-state index contributed by atoms with van der Waals surface area (Å²) >= 11 is 0. The van der Waals surface area contributed by atoms with E-state index in [9.17, 15) is 4.39 Å². The van der Waals surface area contributed by atoms with Crippen LogP contribution in [0.15, 0.2) is 36.7 Å². The molecule has 0 atom stereocenters. The molecule has 0 saturated carbocycles. The third kappa shape index (κ3) is 3.03. The van der Waals surface area contributed by atoms with Crippen LogP contribution in [0.4, 0.5) is 21.7 Å². The molecular formula is C14H17FN6. The molecule has 0 bridgehead atoms. The third-order valence-corrected chi connectivity index (χ3v) is 3.57. The SMILES string of the molecule is NNc1cncc(N2CCN(c3ccc(F)cc3)CC2)n1. The number of anilines is 3. The number of aromatic nitrogens is 2. The van der Waals surface area contributed by atoms with Crippen LogP contribution in [0.3, 0.4) is 0 Å². The number of nitrogens with zero attached hydrogens (tertiary/aromatic N) is 4. The Morgan fingerprint density at radius 3 is 2.33 bits per heavy atom. The summed E-state index contributed by atoms with van der Waals surface area (Å²) in [7, 11) is 0. The van der Waals surface area contributed by atoms with Crippen molar-refractivity contribution in [3.63, 3.8) is 0 Å². The van der Waals surface area contributed by atoms with E-state index in [1.54, 1.807) is 12.4 Å². The number of hydrazine groups is 1. The topological polar surface area (TPSA) is 70.3 Å². The van der Waals surface area contributed by atoms with Crippen LogP contribution in [0.25, 0.3) is 0 Å². The van der Waals surface area contributed by atoms with Gasteiger partial charge in [0.05, 0.1) is 12.4 Å². The highest BCUT2D eigenvalue weighted by Crippen LogP contribution is 2.19. The van der Waals surface area contributed by atoms with Crippen LogP contribution >= 0.6 is 0 Å². The molecule has 2 aromatic rings.